The highest BCUT2D eigenvalue weighted by Gasteiger charge is 2.35. The van der Waals surface area contributed by atoms with Crippen LogP contribution < -0.4 is 9.47 Å². The topological polar surface area (TPSA) is 75.0 Å². The molecule has 0 aliphatic carbocycles. The lowest BCUT2D eigenvalue weighted by Crippen LogP contribution is -2.43. The number of rotatable bonds is 11. The molecule has 1 aliphatic rings. The van der Waals surface area contributed by atoms with Crippen LogP contribution in [0.25, 0.3) is 10.9 Å². The number of halogens is 4. The van der Waals surface area contributed by atoms with E-state index in [1.165, 1.54) is 13.3 Å². The summed E-state index contributed by atoms with van der Waals surface area (Å²) in [6.45, 7) is 1.24. The fourth-order valence-electron chi connectivity index (χ4n) is 5.09. The predicted octanol–water partition coefficient (Wildman–Crippen LogP) is 5.10. The van der Waals surface area contributed by atoms with E-state index in [4.69, 9.17) is 9.47 Å². The number of nitrogens with zero attached hydrogens (tertiary/aromatic N) is 2. The van der Waals surface area contributed by atoms with Gasteiger partial charge in [-0.05, 0) is 62.4 Å². The molecule has 0 amide bonds. The van der Waals surface area contributed by atoms with Crippen LogP contribution in [-0.4, -0.2) is 60.1 Å². The fourth-order valence-corrected chi connectivity index (χ4v) is 5.09. The molecular weight excluding hydrogens is 504 g/mol. The SMILES string of the molecule is COc1ccc2ncc(CO)c([C@@H](F)CCC3(CO)CCN(CCOc4cc(F)cc(F)c4F)CC3)c2c1. The van der Waals surface area contributed by atoms with Crippen molar-refractivity contribution in [2.75, 3.05) is 40.0 Å². The van der Waals surface area contributed by atoms with Crippen molar-refractivity contribution in [3.63, 3.8) is 0 Å². The standard InChI is InChI=1S/C28H32F4N2O4/c1-37-20-2-3-24-21(14-20)26(18(16-35)15-33-24)22(30)4-5-28(17-36)6-8-34(9-7-28)10-11-38-25-13-19(29)12-23(31)27(25)32/h2-3,12-15,22,35-36H,4-11,16-17H2,1H3/t22-/m0/s1. The van der Waals surface area contributed by atoms with Crippen molar-refractivity contribution in [3.05, 3.63) is 65.1 Å². The van der Waals surface area contributed by atoms with Crippen molar-refractivity contribution in [2.24, 2.45) is 5.41 Å². The molecule has 3 aromatic rings. The zero-order valence-corrected chi connectivity index (χ0v) is 21.2. The third-order valence-corrected chi connectivity index (χ3v) is 7.49. The van der Waals surface area contributed by atoms with E-state index < -0.39 is 34.8 Å². The van der Waals surface area contributed by atoms with Crippen molar-refractivity contribution >= 4 is 10.9 Å². The number of piperidine rings is 1. The smallest absolute Gasteiger partial charge is 0.200 e. The number of methoxy groups -OCH3 is 1. The van der Waals surface area contributed by atoms with Gasteiger partial charge in [-0.25, -0.2) is 13.2 Å². The largest absolute Gasteiger partial charge is 0.497 e. The first-order valence-electron chi connectivity index (χ1n) is 12.6. The second-order valence-electron chi connectivity index (χ2n) is 9.79. The summed E-state index contributed by atoms with van der Waals surface area (Å²) in [5.41, 5.74) is 0.953. The first-order valence-corrected chi connectivity index (χ1v) is 12.6. The van der Waals surface area contributed by atoms with Crippen LogP contribution in [0.4, 0.5) is 17.6 Å². The Morgan fingerprint density at radius 1 is 1.11 bits per heavy atom. The normalized spacial score (nSPS) is 16.5. The van der Waals surface area contributed by atoms with Crippen LogP contribution in [0.3, 0.4) is 0 Å². The van der Waals surface area contributed by atoms with E-state index in [0.717, 1.165) is 6.07 Å². The zero-order valence-electron chi connectivity index (χ0n) is 21.2. The number of aliphatic hydroxyl groups excluding tert-OH is 2. The molecule has 1 saturated heterocycles. The number of hydrogen-bond donors (Lipinski definition) is 2. The van der Waals surface area contributed by atoms with Crippen molar-refractivity contribution in [3.8, 4) is 11.5 Å². The predicted molar refractivity (Wildman–Crippen MR) is 134 cm³/mol. The maximum absolute atomic E-state index is 15.7. The van der Waals surface area contributed by atoms with Crippen LogP contribution in [0.1, 0.15) is 43.0 Å². The molecule has 10 heteroatoms. The highest BCUT2D eigenvalue weighted by atomic mass is 19.2. The molecule has 0 bridgehead atoms. The third-order valence-electron chi connectivity index (χ3n) is 7.49. The van der Waals surface area contributed by atoms with E-state index in [1.54, 1.807) is 18.2 Å². The molecule has 4 rings (SSSR count). The lowest BCUT2D eigenvalue weighted by atomic mass is 9.74. The molecule has 38 heavy (non-hydrogen) atoms. The van der Waals surface area contributed by atoms with Crippen LogP contribution in [-0.2, 0) is 6.61 Å². The summed E-state index contributed by atoms with van der Waals surface area (Å²) in [6.07, 6.45) is 1.97. The molecular formula is C28H32F4N2O4. The minimum atomic E-state index is -1.37. The number of hydrogen-bond acceptors (Lipinski definition) is 6. The molecule has 6 nitrogen and oxygen atoms in total. The number of aliphatic hydroxyl groups is 2. The molecule has 1 atom stereocenters. The zero-order chi connectivity index (χ0) is 27.3. The maximum Gasteiger partial charge on any atom is 0.200 e. The molecule has 1 aliphatic heterocycles. The van der Waals surface area contributed by atoms with Gasteiger partial charge in [0.25, 0.3) is 0 Å². The van der Waals surface area contributed by atoms with Crippen LogP contribution in [0, 0.1) is 22.9 Å². The number of fused-ring (bicyclic) bond motifs is 1. The van der Waals surface area contributed by atoms with Gasteiger partial charge in [-0.2, -0.15) is 4.39 Å². The molecule has 2 heterocycles. The van der Waals surface area contributed by atoms with E-state index in [1.807, 2.05) is 0 Å². The number of alkyl halides is 1. The second-order valence-corrected chi connectivity index (χ2v) is 9.79. The van der Waals surface area contributed by atoms with Crippen LogP contribution in [0.15, 0.2) is 36.5 Å². The Morgan fingerprint density at radius 2 is 1.87 bits per heavy atom. The summed E-state index contributed by atoms with van der Waals surface area (Å²) in [7, 11) is 1.53. The Kier molecular flexibility index (Phi) is 9.07. The molecule has 0 radical (unpaired) electrons. The number of likely N-dealkylation sites (tertiary alicyclic amines) is 1. The molecule has 206 valence electrons. The third kappa shape index (κ3) is 6.19. The van der Waals surface area contributed by atoms with Gasteiger partial charge in [0.15, 0.2) is 11.6 Å². The lowest BCUT2D eigenvalue weighted by Gasteiger charge is -2.41. The summed E-state index contributed by atoms with van der Waals surface area (Å²) >= 11 is 0. The van der Waals surface area contributed by atoms with Gasteiger partial charge in [0, 0.05) is 48.0 Å². The fraction of sp³-hybridized carbons (Fsp3) is 0.464. The van der Waals surface area contributed by atoms with Gasteiger partial charge in [-0.1, -0.05) is 0 Å². The first-order chi connectivity index (χ1) is 18.3. The van der Waals surface area contributed by atoms with E-state index in [9.17, 15) is 23.4 Å². The van der Waals surface area contributed by atoms with Crippen molar-refractivity contribution < 1.29 is 37.2 Å². The maximum atomic E-state index is 15.7. The van der Waals surface area contributed by atoms with Crippen LogP contribution >= 0.6 is 0 Å². The van der Waals surface area contributed by atoms with Crippen LogP contribution in [0.5, 0.6) is 11.5 Å². The average molecular weight is 537 g/mol. The van der Waals surface area contributed by atoms with E-state index >= 15 is 4.39 Å². The summed E-state index contributed by atoms with van der Waals surface area (Å²) in [4.78, 5) is 6.38. The van der Waals surface area contributed by atoms with Gasteiger partial charge in [-0.15, -0.1) is 0 Å². The highest BCUT2D eigenvalue weighted by Crippen LogP contribution is 2.41. The van der Waals surface area contributed by atoms with Gasteiger partial charge >= 0.3 is 0 Å². The Labute approximate surface area is 218 Å². The van der Waals surface area contributed by atoms with Crippen LogP contribution in [0.2, 0.25) is 0 Å². The summed E-state index contributed by atoms with van der Waals surface area (Å²) in [5, 5.41) is 20.6. The highest BCUT2D eigenvalue weighted by molar-refractivity contribution is 5.85. The van der Waals surface area contributed by atoms with Gasteiger partial charge < -0.3 is 19.7 Å². The second kappa shape index (κ2) is 12.3. The molecule has 0 saturated carbocycles. The molecule has 1 fully saturated rings. The van der Waals surface area contributed by atoms with E-state index in [-0.39, 0.29) is 26.2 Å². The number of benzene rings is 2. The van der Waals surface area contributed by atoms with Gasteiger partial charge in [-0.3, -0.25) is 9.88 Å². The Balaban J connectivity index is 1.35. The van der Waals surface area contributed by atoms with Crippen molar-refractivity contribution in [2.45, 2.75) is 38.5 Å². The Morgan fingerprint density at radius 3 is 2.55 bits per heavy atom. The van der Waals surface area contributed by atoms with E-state index in [0.29, 0.717) is 72.7 Å². The molecule has 1 aromatic heterocycles. The molecule has 0 unspecified atom stereocenters. The van der Waals surface area contributed by atoms with Gasteiger partial charge in [0.1, 0.15) is 24.3 Å². The first kappa shape index (κ1) is 28.1. The number of ether oxygens (including phenoxy) is 2. The summed E-state index contributed by atoms with van der Waals surface area (Å²) in [6, 6.07) is 6.48. The van der Waals surface area contributed by atoms with Gasteiger partial charge in [0.05, 0.1) is 19.2 Å². The minimum Gasteiger partial charge on any atom is -0.497 e. The average Bonchev–Trinajstić information content (AvgIpc) is 2.94. The Bertz CT molecular complexity index is 1250. The van der Waals surface area contributed by atoms with Crippen molar-refractivity contribution in [1.29, 1.82) is 0 Å². The quantitative estimate of drug-likeness (QED) is 0.263. The molecule has 2 N–H and O–H groups in total. The monoisotopic (exact) mass is 536 g/mol. The lowest BCUT2D eigenvalue weighted by molar-refractivity contribution is 0.0263. The number of aromatic nitrogens is 1. The summed E-state index contributed by atoms with van der Waals surface area (Å²) in [5.74, 6) is -3.35. The molecule has 2 aromatic carbocycles. The Hall–Kier alpha value is -2.95. The molecule has 0 spiro atoms. The minimum absolute atomic E-state index is 0.0427. The summed E-state index contributed by atoms with van der Waals surface area (Å²) < 4.78 is 66.7. The van der Waals surface area contributed by atoms with Gasteiger partial charge in [0.2, 0.25) is 5.82 Å². The van der Waals surface area contributed by atoms with Crippen molar-refractivity contribution in [1.82, 2.24) is 9.88 Å². The number of pyridine rings is 1. The van der Waals surface area contributed by atoms with E-state index in [2.05, 4.69) is 9.88 Å².